The first-order chi connectivity index (χ1) is 12.4. The van der Waals surface area contributed by atoms with Crippen molar-refractivity contribution in [2.45, 2.75) is 33.6 Å². The summed E-state index contributed by atoms with van der Waals surface area (Å²) >= 11 is 1.39. The van der Waals surface area contributed by atoms with Crippen LogP contribution in [-0.2, 0) is 4.79 Å². The summed E-state index contributed by atoms with van der Waals surface area (Å²) in [6.07, 6.45) is 0. The number of ether oxygens (including phenoxy) is 1. The molecule has 0 fully saturated rings. The van der Waals surface area contributed by atoms with Crippen LogP contribution in [-0.4, -0.2) is 37.5 Å². The van der Waals surface area contributed by atoms with Crippen molar-refractivity contribution in [3.05, 3.63) is 40.7 Å². The van der Waals surface area contributed by atoms with Crippen LogP contribution in [0.5, 0.6) is 5.88 Å². The lowest BCUT2D eigenvalue weighted by atomic mass is 10.2. The van der Waals surface area contributed by atoms with Crippen molar-refractivity contribution in [1.82, 2.24) is 25.0 Å². The number of thiazole rings is 1. The smallest absolute Gasteiger partial charge is 0.264 e. The van der Waals surface area contributed by atoms with E-state index in [0.717, 1.165) is 17.1 Å². The van der Waals surface area contributed by atoms with Gasteiger partial charge in [-0.25, -0.2) is 9.67 Å². The lowest BCUT2D eigenvalue weighted by molar-refractivity contribution is -0.118. The fourth-order valence-corrected chi connectivity index (χ4v) is 3.16. The zero-order valence-corrected chi connectivity index (χ0v) is 15.9. The number of aryl methyl sites for hydroxylation is 2. The highest BCUT2D eigenvalue weighted by atomic mass is 32.1. The monoisotopic (exact) mass is 372 g/mol. The number of rotatable bonds is 6. The van der Waals surface area contributed by atoms with Crippen LogP contribution < -0.4 is 10.1 Å². The van der Waals surface area contributed by atoms with Gasteiger partial charge >= 0.3 is 0 Å². The highest BCUT2D eigenvalue weighted by molar-refractivity contribution is 7.13. The summed E-state index contributed by atoms with van der Waals surface area (Å²) in [6, 6.07) is 5.36. The lowest BCUT2D eigenvalue weighted by Gasteiger charge is -2.06. The molecule has 0 bridgehead atoms. The maximum absolute atomic E-state index is 12.0. The van der Waals surface area contributed by atoms with E-state index in [0.29, 0.717) is 16.9 Å². The summed E-state index contributed by atoms with van der Waals surface area (Å²) in [5.41, 5.74) is 2.83. The quantitative estimate of drug-likeness (QED) is 0.715. The van der Waals surface area contributed by atoms with Crippen LogP contribution in [0, 0.1) is 13.8 Å². The number of hydrogen-bond acceptors (Lipinski definition) is 7. The average Bonchev–Trinajstić information content (AvgIpc) is 3.20. The summed E-state index contributed by atoms with van der Waals surface area (Å²) in [6.45, 7) is 7.81. The van der Waals surface area contributed by atoms with Gasteiger partial charge in [-0.3, -0.25) is 10.1 Å². The van der Waals surface area contributed by atoms with Crippen LogP contribution in [0.4, 0.5) is 5.13 Å². The standard InChI is InChI=1S/C17H20N6O2S/c1-10(2)13-9-26-17(18-13)19-15(24)8-25-16-6-5-14(20-21-16)23-12(4)7-11(3)22-23/h5-7,9-10H,8H2,1-4H3,(H,18,19,24). The minimum absolute atomic E-state index is 0.162. The Balaban J connectivity index is 1.55. The summed E-state index contributed by atoms with van der Waals surface area (Å²) in [4.78, 5) is 16.3. The maximum atomic E-state index is 12.0. The molecule has 0 aliphatic carbocycles. The molecule has 1 N–H and O–H groups in total. The molecule has 3 heterocycles. The Labute approximate surface area is 155 Å². The lowest BCUT2D eigenvalue weighted by Crippen LogP contribution is -2.20. The normalized spacial score (nSPS) is 11.0. The zero-order chi connectivity index (χ0) is 18.7. The van der Waals surface area contributed by atoms with Crippen molar-refractivity contribution in [2.24, 2.45) is 0 Å². The molecule has 0 aromatic carbocycles. The van der Waals surface area contributed by atoms with Crippen LogP contribution in [0.3, 0.4) is 0 Å². The molecule has 0 radical (unpaired) electrons. The highest BCUT2D eigenvalue weighted by Gasteiger charge is 2.11. The molecule has 1 amide bonds. The van der Waals surface area contributed by atoms with Crippen LogP contribution in [0.25, 0.3) is 5.82 Å². The molecule has 8 nitrogen and oxygen atoms in total. The second-order valence-corrected chi connectivity index (χ2v) is 7.00. The van der Waals surface area contributed by atoms with Gasteiger partial charge in [0.05, 0.1) is 11.4 Å². The highest BCUT2D eigenvalue weighted by Crippen LogP contribution is 2.21. The van der Waals surface area contributed by atoms with Gasteiger partial charge in [-0.1, -0.05) is 13.8 Å². The number of nitrogens with one attached hydrogen (secondary N) is 1. The third kappa shape index (κ3) is 4.23. The molecule has 0 atom stereocenters. The Morgan fingerprint density at radius 3 is 2.69 bits per heavy atom. The molecule has 0 aliphatic heterocycles. The van der Waals surface area contributed by atoms with Crippen molar-refractivity contribution in [3.63, 3.8) is 0 Å². The van der Waals surface area contributed by atoms with E-state index in [1.165, 1.54) is 11.3 Å². The summed E-state index contributed by atoms with van der Waals surface area (Å²) in [5.74, 6) is 0.895. The fraction of sp³-hybridized carbons (Fsp3) is 0.353. The first-order valence-electron chi connectivity index (χ1n) is 8.18. The molecular weight excluding hydrogens is 352 g/mol. The molecule has 136 valence electrons. The number of aromatic nitrogens is 5. The predicted molar refractivity (Wildman–Crippen MR) is 99.0 cm³/mol. The Morgan fingerprint density at radius 2 is 2.12 bits per heavy atom. The van der Waals surface area contributed by atoms with Gasteiger partial charge in [0.15, 0.2) is 17.6 Å². The first-order valence-corrected chi connectivity index (χ1v) is 9.06. The molecule has 3 aromatic rings. The van der Waals surface area contributed by atoms with Gasteiger partial charge in [0.2, 0.25) is 5.88 Å². The Kier molecular flexibility index (Phi) is 5.27. The zero-order valence-electron chi connectivity index (χ0n) is 15.1. The van der Waals surface area contributed by atoms with Gasteiger partial charge in [-0.2, -0.15) is 5.10 Å². The number of hydrogen-bond donors (Lipinski definition) is 1. The van der Waals surface area contributed by atoms with Crippen LogP contribution in [0.2, 0.25) is 0 Å². The van der Waals surface area contributed by atoms with Crippen molar-refractivity contribution < 1.29 is 9.53 Å². The van der Waals surface area contributed by atoms with Gasteiger partial charge in [0.1, 0.15) is 0 Å². The van der Waals surface area contributed by atoms with E-state index < -0.39 is 0 Å². The maximum Gasteiger partial charge on any atom is 0.264 e. The third-order valence-corrected chi connectivity index (χ3v) is 4.34. The second kappa shape index (κ2) is 7.61. The molecule has 0 unspecified atom stereocenters. The van der Waals surface area contributed by atoms with E-state index in [-0.39, 0.29) is 18.4 Å². The molecule has 0 saturated heterocycles. The largest absolute Gasteiger partial charge is 0.466 e. The van der Waals surface area contributed by atoms with Crippen LogP contribution in [0.1, 0.15) is 36.8 Å². The second-order valence-electron chi connectivity index (χ2n) is 6.14. The number of amides is 1. The van der Waals surface area contributed by atoms with Gasteiger partial charge in [-0.15, -0.1) is 21.5 Å². The Hall–Kier alpha value is -2.81. The number of nitrogens with zero attached hydrogens (tertiary/aromatic N) is 5. The summed E-state index contributed by atoms with van der Waals surface area (Å²) < 4.78 is 7.08. The molecule has 26 heavy (non-hydrogen) atoms. The molecule has 0 saturated carbocycles. The van der Waals surface area contributed by atoms with E-state index in [2.05, 4.69) is 39.4 Å². The van der Waals surface area contributed by atoms with Crippen molar-refractivity contribution in [2.75, 3.05) is 11.9 Å². The predicted octanol–water partition coefficient (Wildman–Crippen LogP) is 2.88. The van der Waals surface area contributed by atoms with Crippen molar-refractivity contribution >= 4 is 22.4 Å². The molecule has 0 spiro atoms. The van der Waals surface area contributed by atoms with Crippen molar-refractivity contribution in [3.8, 4) is 11.7 Å². The fourth-order valence-electron chi connectivity index (χ4n) is 2.27. The van der Waals surface area contributed by atoms with Gasteiger partial charge in [0.25, 0.3) is 5.91 Å². The number of carbonyl (C=O) groups excluding carboxylic acids is 1. The van der Waals surface area contributed by atoms with E-state index in [1.807, 2.05) is 25.3 Å². The van der Waals surface area contributed by atoms with E-state index >= 15 is 0 Å². The SMILES string of the molecule is Cc1cc(C)n(-c2ccc(OCC(=O)Nc3nc(C(C)C)cs3)nn2)n1. The van der Waals surface area contributed by atoms with Gasteiger partial charge in [0, 0.05) is 17.1 Å². The number of carbonyl (C=O) groups is 1. The third-order valence-electron chi connectivity index (χ3n) is 3.56. The van der Waals surface area contributed by atoms with Gasteiger partial charge < -0.3 is 4.74 Å². The summed E-state index contributed by atoms with van der Waals surface area (Å²) in [7, 11) is 0. The first kappa shape index (κ1) is 18.0. The Morgan fingerprint density at radius 1 is 1.31 bits per heavy atom. The van der Waals surface area contributed by atoms with Crippen LogP contribution in [0.15, 0.2) is 23.6 Å². The molecule has 3 aromatic heterocycles. The van der Waals surface area contributed by atoms with E-state index in [4.69, 9.17) is 4.74 Å². The summed E-state index contributed by atoms with van der Waals surface area (Å²) in [5, 5.41) is 17.6. The molecular formula is C17H20N6O2S. The Bertz CT molecular complexity index is 900. The van der Waals surface area contributed by atoms with Crippen molar-refractivity contribution in [1.29, 1.82) is 0 Å². The molecule has 3 rings (SSSR count). The van der Waals surface area contributed by atoms with E-state index in [9.17, 15) is 4.79 Å². The number of anilines is 1. The van der Waals surface area contributed by atoms with Crippen LogP contribution >= 0.6 is 11.3 Å². The van der Waals surface area contributed by atoms with Gasteiger partial charge in [-0.05, 0) is 31.9 Å². The minimum Gasteiger partial charge on any atom is -0.466 e. The van der Waals surface area contributed by atoms with E-state index in [1.54, 1.807) is 16.8 Å². The average molecular weight is 372 g/mol. The molecule has 9 heteroatoms. The topological polar surface area (TPSA) is 94.8 Å². The molecule has 0 aliphatic rings. The minimum atomic E-state index is -0.293.